The van der Waals surface area contributed by atoms with E-state index in [4.69, 9.17) is 4.74 Å². The molecule has 21 heavy (non-hydrogen) atoms. The minimum Gasteiger partial charge on any atom is -0.374 e. The third kappa shape index (κ3) is 2.64. The van der Waals surface area contributed by atoms with Gasteiger partial charge in [0, 0.05) is 19.2 Å². The number of rotatable bonds is 3. The van der Waals surface area contributed by atoms with Crippen LogP contribution in [0.25, 0.3) is 0 Å². The molecule has 1 aromatic carbocycles. The summed E-state index contributed by atoms with van der Waals surface area (Å²) >= 11 is 0. The maximum atomic E-state index is 5.95. The van der Waals surface area contributed by atoms with E-state index in [0.717, 1.165) is 25.0 Å². The summed E-state index contributed by atoms with van der Waals surface area (Å²) in [6.07, 6.45) is 7.76. The zero-order valence-electron chi connectivity index (χ0n) is 13.1. The van der Waals surface area contributed by atoms with Gasteiger partial charge < -0.3 is 10.1 Å². The molecule has 1 aliphatic heterocycles. The molecule has 2 bridgehead atoms. The van der Waals surface area contributed by atoms with E-state index < -0.39 is 0 Å². The molecule has 1 aromatic rings. The molecule has 1 saturated carbocycles. The molecule has 0 radical (unpaired) electrons. The van der Waals surface area contributed by atoms with Gasteiger partial charge in [-0.1, -0.05) is 24.3 Å². The van der Waals surface area contributed by atoms with Crippen LogP contribution in [0.4, 0.5) is 0 Å². The molecule has 2 nitrogen and oxygen atoms in total. The van der Waals surface area contributed by atoms with Crippen LogP contribution in [0.3, 0.4) is 0 Å². The molecule has 0 aromatic heterocycles. The fourth-order valence-corrected chi connectivity index (χ4v) is 4.79. The summed E-state index contributed by atoms with van der Waals surface area (Å²) in [5, 5.41) is 3.92. The summed E-state index contributed by atoms with van der Waals surface area (Å²) in [7, 11) is 0. The minimum absolute atomic E-state index is 0.0819. The molecular weight excluding hydrogens is 258 g/mol. The fourth-order valence-electron chi connectivity index (χ4n) is 4.79. The van der Waals surface area contributed by atoms with Crippen molar-refractivity contribution in [1.82, 2.24) is 5.32 Å². The van der Waals surface area contributed by atoms with Crippen LogP contribution in [-0.4, -0.2) is 24.8 Å². The number of fused-ring (bicyclic) bond motifs is 3. The van der Waals surface area contributed by atoms with Crippen molar-refractivity contribution in [2.45, 2.75) is 57.1 Å². The Labute approximate surface area is 128 Å². The monoisotopic (exact) mass is 285 g/mol. The first-order chi connectivity index (χ1) is 10.2. The van der Waals surface area contributed by atoms with E-state index in [9.17, 15) is 0 Å². The second kappa shape index (κ2) is 5.40. The van der Waals surface area contributed by atoms with Gasteiger partial charge in [-0.05, 0) is 68.4 Å². The number of hydrogen-bond acceptors (Lipinski definition) is 2. The molecule has 2 heteroatoms. The molecule has 1 heterocycles. The van der Waals surface area contributed by atoms with Crippen molar-refractivity contribution in [3.63, 3.8) is 0 Å². The Kier molecular flexibility index (Phi) is 3.55. The molecular formula is C19H27NO. The van der Waals surface area contributed by atoms with Gasteiger partial charge in [-0.2, -0.15) is 0 Å². The molecule has 2 aliphatic carbocycles. The lowest BCUT2D eigenvalue weighted by Crippen LogP contribution is -2.46. The third-order valence-corrected chi connectivity index (χ3v) is 6.02. The van der Waals surface area contributed by atoms with Crippen molar-refractivity contribution in [1.29, 1.82) is 0 Å². The first-order valence-electron chi connectivity index (χ1n) is 8.68. The van der Waals surface area contributed by atoms with E-state index in [0.29, 0.717) is 6.04 Å². The maximum Gasteiger partial charge on any atom is 0.0779 e. The van der Waals surface area contributed by atoms with Gasteiger partial charge in [-0.15, -0.1) is 0 Å². The second-order valence-electron chi connectivity index (χ2n) is 7.58. The van der Waals surface area contributed by atoms with Crippen LogP contribution in [0, 0.1) is 11.8 Å². The van der Waals surface area contributed by atoms with Crippen molar-refractivity contribution >= 4 is 0 Å². The standard InChI is InChI=1S/C19H27NO/c1-19(9-4-10-21-19)13-20-18-16-7-8-17(18)12-15-6-3-2-5-14(15)11-16/h2-3,5-6,16-18,20H,4,7-13H2,1H3. The van der Waals surface area contributed by atoms with E-state index >= 15 is 0 Å². The average Bonchev–Trinajstić information content (AvgIpc) is 3.01. The normalized spacial score (nSPS) is 38.2. The first-order valence-corrected chi connectivity index (χ1v) is 8.68. The second-order valence-corrected chi connectivity index (χ2v) is 7.58. The van der Waals surface area contributed by atoms with Crippen LogP contribution in [-0.2, 0) is 17.6 Å². The average molecular weight is 285 g/mol. The number of nitrogens with one attached hydrogen (secondary N) is 1. The largest absolute Gasteiger partial charge is 0.374 e. The lowest BCUT2D eigenvalue weighted by atomic mass is 9.93. The molecule has 114 valence electrons. The van der Waals surface area contributed by atoms with E-state index in [1.54, 1.807) is 11.1 Å². The highest BCUT2D eigenvalue weighted by atomic mass is 16.5. The highest BCUT2D eigenvalue weighted by Gasteiger charge is 2.40. The maximum absolute atomic E-state index is 5.95. The van der Waals surface area contributed by atoms with Crippen molar-refractivity contribution in [3.05, 3.63) is 35.4 Å². The van der Waals surface area contributed by atoms with Gasteiger partial charge in [0.25, 0.3) is 0 Å². The van der Waals surface area contributed by atoms with E-state index in [1.807, 2.05) is 0 Å². The van der Waals surface area contributed by atoms with E-state index in [2.05, 4.69) is 36.5 Å². The lowest BCUT2D eigenvalue weighted by molar-refractivity contribution is 0.0166. The lowest BCUT2D eigenvalue weighted by Gasteiger charge is -2.30. The Bertz CT molecular complexity index is 473. The minimum atomic E-state index is 0.0819. The van der Waals surface area contributed by atoms with Crippen molar-refractivity contribution in [3.8, 4) is 0 Å². The summed E-state index contributed by atoms with van der Waals surface area (Å²) in [6, 6.07) is 9.78. The third-order valence-electron chi connectivity index (χ3n) is 6.02. The van der Waals surface area contributed by atoms with Crippen molar-refractivity contribution in [2.24, 2.45) is 11.8 Å². The zero-order chi connectivity index (χ0) is 14.3. The van der Waals surface area contributed by atoms with Gasteiger partial charge in [-0.3, -0.25) is 0 Å². The molecule has 3 atom stereocenters. The molecule has 2 fully saturated rings. The number of ether oxygens (including phenoxy) is 1. The van der Waals surface area contributed by atoms with Crippen LogP contribution in [0.1, 0.15) is 43.7 Å². The van der Waals surface area contributed by atoms with Gasteiger partial charge in [0.2, 0.25) is 0 Å². The molecule has 0 spiro atoms. The van der Waals surface area contributed by atoms with Gasteiger partial charge in [0.05, 0.1) is 5.60 Å². The Morgan fingerprint density at radius 3 is 2.38 bits per heavy atom. The summed E-state index contributed by atoms with van der Waals surface area (Å²) in [5.41, 5.74) is 3.28. The summed E-state index contributed by atoms with van der Waals surface area (Å²) in [6.45, 7) is 4.25. The van der Waals surface area contributed by atoms with Crippen LogP contribution >= 0.6 is 0 Å². The van der Waals surface area contributed by atoms with Crippen LogP contribution < -0.4 is 5.32 Å². The van der Waals surface area contributed by atoms with Crippen LogP contribution in [0.2, 0.25) is 0 Å². The Morgan fingerprint density at radius 2 is 1.81 bits per heavy atom. The van der Waals surface area contributed by atoms with Crippen molar-refractivity contribution in [2.75, 3.05) is 13.2 Å². The molecule has 3 aliphatic rings. The highest BCUT2D eigenvalue weighted by molar-refractivity contribution is 5.30. The smallest absolute Gasteiger partial charge is 0.0779 e. The van der Waals surface area contributed by atoms with E-state index in [-0.39, 0.29) is 5.60 Å². The predicted molar refractivity (Wildman–Crippen MR) is 85.4 cm³/mol. The SMILES string of the molecule is CC1(CNC2C3CCC2Cc2ccccc2C3)CCCO1. The molecule has 0 amide bonds. The zero-order valence-corrected chi connectivity index (χ0v) is 13.1. The fraction of sp³-hybridized carbons (Fsp3) is 0.684. The Hall–Kier alpha value is -0.860. The summed E-state index contributed by atoms with van der Waals surface area (Å²) in [5.74, 6) is 1.65. The predicted octanol–water partition coefficient (Wildman–Crippen LogP) is 3.34. The highest BCUT2D eigenvalue weighted by Crippen LogP contribution is 2.40. The van der Waals surface area contributed by atoms with Crippen LogP contribution in [0.15, 0.2) is 24.3 Å². The van der Waals surface area contributed by atoms with Gasteiger partial charge in [0.1, 0.15) is 0 Å². The van der Waals surface area contributed by atoms with Gasteiger partial charge in [0.15, 0.2) is 0 Å². The molecule has 1 saturated heterocycles. The molecule has 3 unspecified atom stereocenters. The van der Waals surface area contributed by atoms with Crippen LogP contribution in [0.5, 0.6) is 0 Å². The van der Waals surface area contributed by atoms with Crippen molar-refractivity contribution < 1.29 is 4.74 Å². The summed E-state index contributed by atoms with van der Waals surface area (Å²) in [4.78, 5) is 0. The topological polar surface area (TPSA) is 21.3 Å². The van der Waals surface area contributed by atoms with Gasteiger partial charge in [-0.25, -0.2) is 0 Å². The molecule has 4 rings (SSSR count). The first kappa shape index (κ1) is 13.8. The quantitative estimate of drug-likeness (QED) is 0.919. The Morgan fingerprint density at radius 1 is 1.14 bits per heavy atom. The molecule has 1 N–H and O–H groups in total. The number of hydrogen-bond donors (Lipinski definition) is 1. The number of benzene rings is 1. The van der Waals surface area contributed by atoms with E-state index in [1.165, 1.54) is 38.5 Å². The van der Waals surface area contributed by atoms with Gasteiger partial charge >= 0.3 is 0 Å². The Balaban J connectivity index is 1.47. The summed E-state index contributed by atoms with van der Waals surface area (Å²) < 4.78 is 5.95.